The van der Waals surface area contributed by atoms with Gasteiger partial charge in [0.15, 0.2) is 0 Å². The van der Waals surface area contributed by atoms with Crippen molar-refractivity contribution in [2.75, 3.05) is 18.1 Å². The third-order valence-electron chi connectivity index (χ3n) is 4.30. The molecule has 0 aromatic heterocycles. The fourth-order valence-electron chi connectivity index (χ4n) is 2.87. The summed E-state index contributed by atoms with van der Waals surface area (Å²) in [5.41, 5.74) is 6.73. The highest BCUT2D eigenvalue weighted by Crippen LogP contribution is 2.24. The van der Waals surface area contributed by atoms with Crippen molar-refractivity contribution in [3.8, 4) is 0 Å². The molecule has 1 heterocycles. The van der Waals surface area contributed by atoms with Gasteiger partial charge in [-0.25, -0.2) is 0 Å². The van der Waals surface area contributed by atoms with Gasteiger partial charge in [-0.1, -0.05) is 12.1 Å². The van der Waals surface area contributed by atoms with Crippen LogP contribution in [0.3, 0.4) is 0 Å². The van der Waals surface area contributed by atoms with Crippen LogP contribution in [0.5, 0.6) is 0 Å². The Morgan fingerprint density at radius 1 is 1.12 bits per heavy atom. The molecule has 1 saturated heterocycles. The number of hydrogen-bond acceptors (Lipinski definition) is 3. The van der Waals surface area contributed by atoms with Crippen molar-refractivity contribution in [1.82, 2.24) is 4.90 Å². The van der Waals surface area contributed by atoms with Crippen LogP contribution in [-0.4, -0.2) is 35.8 Å². The van der Waals surface area contributed by atoms with Crippen LogP contribution < -0.4 is 10.6 Å². The molecule has 134 valence electrons. The topological polar surface area (TPSA) is 83.7 Å². The Morgan fingerprint density at radius 3 is 2.38 bits per heavy atom. The molecule has 0 aliphatic carbocycles. The van der Waals surface area contributed by atoms with E-state index in [1.807, 2.05) is 6.07 Å². The molecule has 7 heteroatoms. The first-order chi connectivity index (χ1) is 12.5. The Kier molecular flexibility index (Phi) is 5.37. The lowest BCUT2D eigenvalue weighted by Crippen LogP contribution is -2.42. The van der Waals surface area contributed by atoms with Crippen molar-refractivity contribution in [1.29, 1.82) is 0 Å². The lowest BCUT2D eigenvalue weighted by Gasteiger charge is -2.28. The molecule has 6 nitrogen and oxygen atoms in total. The number of primary amides is 1. The summed E-state index contributed by atoms with van der Waals surface area (Å²) >= 11 is 3.40. The van der Waals surface area contributed by atoms with Crippen LogP contribution in [0.2, 0.25) is 0 Å². The van der Waals surface area contributed by atoms with E-state index >= 15 is 0 Å². The Morgan fingerprint density at radius 2 is 1.81 bits per heavy atom. The minimum atomic E-state index is -0.532. The number of nitrogens with two attached hydrogens (primary N) is 1. The third kappa shape index (κ3) is 3.77. The number of nitrogens with zero attached hydrogens (tertiary/aromatic N) is 2. The summed E-state index contributed by atoms with van der Waals surface area (Å²) in [6, 6.07) is 13.6. The molecule has 0 radical (unpaired) electrons. The zero-order valence-corrected chi connectivity index (χ0v) is 15.6. The predicted octanol–water partition coefficient (Wildman–Crippen LogP) is 2.77. The monoisotopic (exact) mass is 415 g/mol. The minimum absolute atomic E-state index is 0.0312. The number of hydrogen-bond donors (Lipinski definition) is 1. The van der Waals surface area contributed by atoms with E-state index < -0.39 is 5.91 Å². The van der Waals surface area contributed by atoms with E-state index in [0.717, 1.165) is 6.42 Å². The smallest absolute Gasteiger partial charge is 0.260 e. The normalized spacial score (nSPS) is 13.7. The second-order valence-corrected chi connectivity index (χ2v) is 6.88. The largest absolute Gasteiger partial charge is 0.366 e. The average Bonchev–Trinajstić information content (AvgIpc) is 3.04. The van der Waals surface area contributed by atoms with E-state index in [2.05, 4.69) is 15.9 Å². The molecule has 2 N–H and O–H groups in total. The van der Waals surface area contributed by atoms with Gasteiger partial charge in [-0.2, -0.15) is 0 Å². The van der Waals surface area contributed by atoms with Gasteiger partial charge < -0.3 is 10.6 Å². The molecule has 2 aromatic rings. The molecule has 1 fully saturated rings. The fraction of sp³-hybridized carbons (Fsp3) is 0.211. The second-order valence-electron chi connectivity index (χ2n) is 6.03. The number of carbonyl (C=O) groups is 3. The lowest BCUT2D eigenvalue weighted by atomic mass is 10.1. The van der Waals surface area contributed by atoms with Crippen LogP contribution in [0.1, 0.15) is 33.6 Å². The summed E-state index contributed by atoms with van der Waals surface area (Å²) in [5, 5.41) is 0. The van der Waals surface area contributed by atoms with Crippen LogP contribution >= 0.6 is 15.9 Å². The molecule has 0 unspecified atom stereocenters. The van der Waals surface area contributed by atoms with Gasteiger partial charge in [0.25, 0.3) is 5.91 Å². The lowest BCUT2D eigenvalue weighted by molar-refractivity contribution is -0.127. The molecule has 0 saturated carbocycles. The first kappa shape index (κ1) is 18.1. The number of benzene rings is 2. The van der Waals surface area contributed by atoms with Crippen LogP contribution in [0, 0.1) is 0 Å². The fourth-order valence-corrected chi connectivity index (χ4v) is 3.33. The SMILES string of the molecule is NC(=O)c1ccc(N(CN2CCCC2=O)C(=O)c2ccccc2Br)cc1. The van der Waals surface area contributed by atoms with Crippen molar-refractivity contribution in [3.63, 3.8) is 0 Å². The number of carbonyl (C=O) groups excluding carboxylic acids is 3. The third-order valence-corrected chi connectivity index (χ3v) is 4.99. The molecule has 1 aliphatic rings. The predicted molar refractivity (Wildman–Crippen MR) is 102 cm³/mol. The maximum Gasteiger partial charge on any atom is 0.260 e. The van der Waals surface area contributed by atoms with Crippen LogP contribution in [0.4, 0.5) is 5.69 Å². The maximum absolute atomic E-state index is 13.1. The highest BCUT2D eigenvalue weighted by molar-refractivity contribution is 9.10. The van der Waals surface area contributed by atoms with Gasteiger partial charge in [-0.15, -0.1) is 0 Å². The average molecular weight is 416 g/mol. The zero-order chi connectivity index (χ0) is 18.7. The number of likely N-dealkylation sites (tertiary alicyclic amines) is 1. The van der Waals surface area contributed by atoms with E-state index in [1.54, 1.807) is 47.4 Å². The highest BCUT2D eigenvalue weighted by Gasteiger charge is 2.27. The molecule has 1 aliphatic heterocycles. The maximum atomic E-state index is 13.1. The number of rotatable bonds is 5. The molecule has 0 bridgehead atoms. The number of amides is 3. The van der Waals surface area contributed by atoms with Gasteiger partial charge in [0, 0.05) is 28.7 Å². The molecule has 3 rings (SSSR count). The second kappa shape index (κ2) is 7.70. The van der Waals surface area contributed by atoms with E-state index in [1.165, 1.54) is 4.90 Å². The number of anilines is 1. The van der Waals surface area contributed by atoms with Crippen molar-refractivity contribution in [3.05, 3.63) is 64.1 Å². The first-order valence-corrected chi connectivity index (χ1v) is 9.00. The minimum Gasteiger partial charge on any atom is -0.366 e. The van der Waals surface area contributed by atoms with Crippen molar-refractivity contribution in [2.45, 2.75) is 12.8 Å². The van der Waals surface area contributed by atoms with Crippen molar-refractivity contribution in [2.24, 2.45) is 5.73 Å². The van der Waals surface area contributed by atoms with Crippen LogP contribution in [0.25, 0.3) is 0 Å². The van der Waals surface area contributed by atoms with E-state index in [4.69, 9.17) is 5.73 Å². The van der Waals surface area contributed by atoms with E-state index in [-0.39, 0.29) is 18.5 Å². The Balaban J connectivity index is 1.95. The molecule has 26 heavy (non-hydrogen) atoms. The van der Waals surface area contributed by atoms with Gasteiger partial charge in [0.05, 0.1) is 5.56 Å². The van der Waals surface area contributed by atoms with Gasteiger partial charge in [-0.3, -0.25) is 19.3 Å². The van der Waals surface area contributed by atoms with Gasteiger partial charge in [0.2, 0.25) is 11.8 Å². The summed E-state index contributed by atoms with van der Waals surface area (Å²) in [5.74, 6) is -0.734. The summed E-state index contributed by atoms with van der Waals surface area (Å²) < 4.78 is 0.677. The standard InChI is InChI=1S/C19H18BrN3O3/c20-16-5-2-1-4-15(16)19(26)23(12-22-11-3-6-17(22)24)14-9-7-13(8-10-14)18(21)25/h1-2,4-5,7-10H,3,6,11-12H2,(H2,21,25). The first-order valence-electron chi connectivity index (χ1n) is 8.21. The molecular formula is C19H18BrN3O3. The van der Waals surface area contributed by atoms with E-state index in [0.29, 0.717) is 34.3 Å². The van der Waals surface area contributed by atoms with Crippen LogP contribution in [0.15, 0.2) is 53.0 Å². The zero-order valence-electron chi connectivity index (χ0n) is 14.0. The molecule has 0 atom stereocenters. The molecule has 2 aromatic carbocycles. The Labute approximate surface area is 159 Å². The Hall–Kier alpha value is -2.67. The highest BCUT2D eigenvalue weighted by atomic mass is 79.9. The summed E-state index contributed by atoms with van der Waals surface area (Å²) in [6.45, 7) is 0.785. The quantitative estimate of drug-likeness (QED) is 0.814. The summed E-state index contributed by atoms with van der Waals surface area (Å²) in [4.78, 5) is 39.7. The van der Waals surface area contributed by atoms with Gasteiger partial charge >= 0.3 is 0 Å². The summed E-state index contributed by atoms with van der Waals surface area (Å²) in [7, 11) is 0. The van der Waals surface area contributed by atoms with Crippen LogP contribution in [-0.2, 0) is 4.79 Å². The van der Waals surface area contributed by atoms with E-state index in [9.17, 15) is 14.4 Å². The number of halogens is 1. The Bertz CT molecular complexity index is 851. The van der Waals surface area contributed by atoms with Gasteiger partial charge in [-0.05, 0) is 58.7 Å². The molecular weight excluding hydrogens is 398 g/mol. The molecule has 3 amide bonds. The van der Waals surface area contributed by atoms with Crippen molar-refractivity contribution >= 4 is 39.3 Å². The molecule has 0 spiro atoms. The van der Waals surface area contributed by atoms with Crippen molar-refractivity contribution < 1.29 is 14.4 Å². The van der Waals surface area contributed by atoms with Gasteiger partial charge in [0.1, 0.15) is 6.67 Å². The summed E-state index contributed by atoms with van der Waals surface area (Å²) in [6.07, 6.45) is 1.29.